The van der Waals surface area contributed by atoms with Gasteiger partial charge in [0.25, 0.3) is 0 Å². The van der Waals surface area contributed by atoms with Gasteiger partial charge < -0.3 is 9.47 Å². The lowest BCUT2D eigenvalue weighted by molar-refractivity contribution is -0.163. The topological polar surface area (TPSA) is 52.6 Å². The predicted molar refractivity (Wildman–Crippen MR) is 86.5 cm³/mol. The van der Waals surface area contributed by atoms with Crippen molar-refractivity contribution in [3.05, 3.63) is 38.0 Å². The second-order valence-electron chi connectivity index (χ2n) is 5.71. The summed E-state index contributed by atoms with van der Waals surface area (Å²) in [6, 6.07) is 0. The number of halogens is 1. The molecular weight excluding hydrogens is 304 g/mol. The van der Waals surface area contributed by atoms with E-state index in [4.69, 9.17) is 21.1 Å². The quantitative estimate of drug-likeness (QED) is 0.297. The molecule has 0 aromatic rings. The number of esters is 2. The van der Waals surface area contributed by atoms with E-state index in [-0.39, 0.29) is 30.3 Å². The molecule has 0 saturated heterocycles. The van der Waals surface area contributed by atoms with E-state index in [1.54, 1.807) is 6.08 Å². The van der Waals surface area contributed by atoms with E-state index in [1.807, 2.05) is 13.0 Å². The molecule has 5 heteroatoms. The summed E-state index contributed by atoms with van der Waals surface area (Å²) in [5.41, 5.74) is -0.639. The fourth-order valence-electron chi connectivity index (χ4n) is 2.79. The molecule has 0 amide bonds. The van der Waals surface area contributed by atoms with Crippen LogP contribution in [0.2, 0.25) is 0 Å². The zero-order valence-electron chi connectivity index (χ0n) is 12.9. The molecule has 4 atom stereocenters. The third-order valence-electron chi connectivity index (χ3n) is 4.17. The van der Waals surface area contributed by atoms with Gasteiger partial charge in [0.15, 0.2) is 0 Å². The van der Waals surface area contributed by atoms with Gasteiger partial charge in [-0.3, -0.25) is 4.79 Å². The Morgan fingerprint density at radius 3 is 2.55 bits per heavy atom. The van der Waals surface area contributed by atoms with E-state index in [1.165, 1.54) is 0 Å². The molecule has 0 aromatic heterocycles. The van der Waals surface area contributed by atoms with Gasteiger partial charge in [-0.05, 0) is 31.6 Å². The smallest absolute Gasteiger partial charge is 0.330 e. The Bertz CT molecular complexity index is 460. The minimum atomic E-state index is -0.682. The van der Waals surface area contributed by atoms with Gasteiger partial charge in [-0.25, -0.2) is 4.79 Å². The van der Waals surface area contributed by atoms with E-state index in [0.717, 1.165) is 12.5 Å². The zero-order chi connectivity index (χ0) is 16.8. The number of hydrogen-bond acceptors (Lipinski definition) is 4. The summed E-state index contributed by atoms with van der Waals surface area (Å²) in [6.45, 7) is 12.7. The molecule has 1 fully saturated rings. The number of hydrogen-bond donors (Lipinski definition) is 0. The van der Waals surface area contributed by atoms with Gasteiger partial charge in [0.2, 0.25) is 0 Å². The van der Waals surface area contributed by atoms with E-state index < -0.39 is 17.5 Å². The van der Waals surface area contributed by atoms with Crippen LogP contribution in [0.25, 0.3) is 0 Å². The highest BCUT2D eigenvalue weighted by Crippen LogP contribution is 2.48. The van der Waals surface area contributed by atoms with E-state index in [2.05, 4.69) is 19.7 Å². The number of carbonyl (C=O) groups excluding carboxylic acids is 2. The van der Waals surface area contributed by atoms with Crippen LogP contribution in [0, 0.1) is 17.3 Å². The van der Waals surface area contributed by atoms with Crippen LogP contribution < -0.4 is 0 Å². The van der Waals surface area contributed by atoms with Crippen LogP contribution in [0.4, 0.5) is 0 Å². The molecule has 0 N–H and O–H groups in total. The Labute approximate surface area is 136 Å². The van der Waals surface area contributed by atoms with Crippen molar-refractivity contribution in [1.29, 1.82) is 0 Å². The maximum absolute atomic E-state index is 12.5. The lowest BCUT2D eigenvalue weighted by Gasteiger charge is -2.28. The van der Waals surface area contributed by atoms with E-state index in [0.29, 0.717) is 6.42 Å². The van der Waals surface area contributed by atoms with Crippen LogP contribution in [0.5, 0.6) is 0 Å². The zero-order valence-corrected chi connectivity index (χ0v) is 13.7. The summed E-state index contributed by atoms with van der Waals surface area (Å²) in [7, 11) is 0. The second-order valence-corrected chi connectivity index (χ2v) is 6.02. The highest BCUT2D eigenvalue weighted by Gasteiger charge is 2.48. The molecule has 0 aliphatic heterocycles. The maximum Gasteiger partial charge on any atom is 0.330 e. The number of carbonyl (C=O) groups is 2. The first-order chi connectivity index (χ1) is 10.4. The SMILES string of the molecule is C=CC(=O)OC(CCl)COC(=O)C1(C)CC(C=C)CC1C=C. The average molecular weight is 327 g/mol. The van der Waals surface area contributed by atoms with Crippen LogP contribution in [-0.2, 0) is 19.1 Å². The highest BCUT2D eigenvalue weighted by atomic mass is 35.5. The average Bonchev–Trinajstić information content (AvgIpc) is 2.88. The molecule has 1 aliphatic rings. The molecule has 0 radical (unpaired) electrons. The van der Waals surface area contributed by atoms with Crippen molar-refractivity contribution in [2.24, 2.45) is 17.3 Å². The van der Waals surface area contributed by atoms with Gasteiger partial charge in [0, 0.05) is 6.08 Å². The Kier molecular flexibility index (Phi) is 6.88. The molecule has 122 valence electrons. The van der Waals surface area contributed by atoms with Crippen molar-refractivity contribution < 1.29 is 19.1 Å². The number of ether oxygens (including phenoxy) is 2. The molecule has 0 spiro atoms. The minimum Gasteiger partial charge on any atom is -0.461 e. The lowest BCUT2D eigenvalue weighted by atomic mass is 9.79. The fraction of sp³-hybridized carbons (Fsp3) is 0.529. The van der Waals surface area contributed by atoms with Gasteiger partial charge >= 0.3 is 11.9 Å². The minimum absolute atomic E-state index is 0.0353. The highest BCUT2D eigenvalue weighted by molar-refractivity contribution is 6.18. The molecule has 0 bridgehead atoms. The summed E-state index contributed by atoms with van der Waals surface area (Å²) in [5.74, 6) is -0.573. The number of rotatable bonds is 8. The van der Waals surface area contributed by atoms with E-state index in [9.17, 15) is 9.59 Å². The Morgan fingerprint density at radius 2 is 2.05 bits per heavy atom. The van der Waals surface area contributed by atoms with Gasteiger partial charge in [0.05, 0.1) is 11.3 Å². The number of alkyl halides is 1. The van der Waals surface area contributed by atoms with Crippen LogP contribution in [0.1, 0.15) is 19.8 Å². The first kappa shape index (κ1) is 18.5. The third-order valence-corrected chi connectivity index (χ3v) is 4.51. The summed E-state index contributed by atoms with van der Waals surface area (Å²) in [5, 5.41) is 0. The van der Waals surface area contributed by atoms with Crippen molar-refractivity contribution in [3.8, 4) is 0 Å². The molecule has 1 saturated carbocycles. The second kappa shape index (κ2) is 8.18. The van der Waals surface area contributed by atoms with Gasteiger partial charge in [-0.2, -0.15) is 0 Å². The van der Waals surface area contributed by atoms with Gasteiger partial charge in [0.1, 0.15) is 12.7 Å². The first-order valence-corrected chi connectivity index (χ1v) is 7.76. The third kappa shape index (κ3) is 4.23. The normalized spacial score (nSPS) is 28.5. The largest absolute Gasteiger partial charge is 0.461 e. The van der Waals surface area contributed by atoms with Gasteiger partial charge in [-0.1, -0.05) is 18.7 Å². The first-order valence-electron chi connectivity index (χ1n) is 7.22. The standard InChI is InChI=1S/C17H23ClO4/c1-5-12-8-13(6-2)17(4,9-12)16(20)21-11-14(10-18)22-15(19)7-3/h5-7,12-14H,1-3,8-11H2,4H3. The molecule has 4 unspecified atom stereocenters. The van der Waals surface area contributed by atoms with Crippen LogP contribution in [-0.4, -0.2) is 30.5 Å². The lowest BCUT2D eigenvalue weighted by Crippen LogP contribution is -2.35. The van der Waals surface area contributed by atoms with Crippen LogP contribution in [0.15, 0.2) is 38.0 Å². The Hall–Kier alpha value is -1.55. The summed E-state index contributed by atoms with van der Waals surface area (Å²) in [4.78, 5) is 23.6. The molecule has 4 nitrogen and oxygen atoms in total. The Balaban J connectivity index is 2.66. The molecule has 0 heterocycles. The van der Waals surface area contributed by atoms with Gasteiger partial charge in [-0.15, -0.1) is 24.8 Å². The fourth-order valence-corrected chi connectivity index (χ4v) is 2.94. The molecule has 1 rings (SSSR count). The number of allylic oxidation sites excluding steroid dienone is 2. The van der Waals surface area contributed by atoms with Crippen LogP contribution >= 0.6 is 11.6 Å². The van der Waals surface area contributed by atoms with Crippen molar-refractivity contribution in [1.82, 2.24) is 0 Å². The van der Waals surface area contributed by atoms with Crippen molar-refractivity contribution in [2.75, 3.05) is 12.5 Å². The molecular formula is C17H23ClO4. The Morgan fingerprint density at radius 1 is 1.36 bits per heavy atom. The van der Waals surface area contributed by atoms with Crippen molar-refractivity contribution in [3.63, 3.8) is 0 Å². The van der Waals surface area contributed by atoms with Crippen molar-refractivity contribution in [2.45, 2.75) is 25.9 Å². The summed E-state index contributed by atoms with van der Waals surface area (Å²) < 4.78 is 10.3. The molecule has 22 heavy (non-hydrogen) atoms. The van der Waals surface area contributed by atoms with Crippen LogP contribution in [0.3, 0.4) is 0 Å². The predicted octanol–water partition coefficient (Wildman–Crippen LogP) is 3.27. The monoisotopic (exact) mass is 326 g/mol. The molecule has 1 aliphatic carbocycles. The summed E-state index contributed by atoms with van der Waals surface area (Å²) in [6.07, 6.45) is 5.53. The maximum atomic E-state index is 12.5. The van der Waals surface area contributed by atoms with E-state index >= 15 is 0 Å². The summed E-state index contributed by atoms with van der Waals surface area (Å²) >= 11 is 5.72. The van der Waals surface area contributed by atoms with Crippen molar-refractivity contribution >= 4 is 23.5 Å². The molecule has 0 aromatic carbocycles.